The second-order valence-corrected chi connectivity index (χ2v) is 8.20. The molecule has 2 aliphatic rings. The normalized spacial score (nSPS) is 30.6. The summed E-state index contributed by atoms with van der Waals surface area (Å²) in [7, 11) is -1.36. The highest BCUT2D eigenvalue weighted by Crippen LogP contribution is 2.22. The molecule has 2 rings (SSSR count). The van der Waals surface area contributed by atoms with Gasteiger partial charge in [-0.05, 0) is 45.8 Å². The van der Waals surface area contributed by atoms with Crippen molar-refractivity contribution in [3.05, 3.63) is 0 Å². The van der Waals surface area contributed by atoms with Gasteiger partial charge in [0, 0.05) is 38.8 Å². The minimum Gasteiger partial charge on any atom is -0.319 e. The molecule has 2 aliphatic heterocycles. The number of hydrogen-bond donors (Lipinski definition) is 1. The molecule has 124 valence electrons. The van der Waals surface area contributed by atoms with Crippen molar-refractivity contribution in [2.45, 2.75) is 32.7 Å². The third-order valence-electron chi connectivity index (χ3n) is 4.76. The molecule has 2 atom stereocenters. The standard InChI is InChI=1S/C14H30N4O2S/c1-4-16-8-9-18(11-13(16)2)21(19,20)17-7-5-6-14(12-17)10-15-3/h13-15H,4-12H2,1-3H3. The van der Waals surface area contributed by atoms with Crippen LogP contribution in [0.1, 0.15) is 26.7 Å². The molecule has 2 saturated heterocycles. The summed E-state index contributed by atoms with van der Waals surface area (Å²) in [6, 6.07) is 0.302. The first-order valence-electron chi connectivity index (χ1n) is 8.13. The zero-order valence-electron chi connectivity index (χ0n) is 13.6. The highest BCUT2D eigenvalue weighted by Gasteiger charge is 2.36. The van der Waals surface area contributed by atoms with E-state index in [2.05, 4.69) is 24.1 Å². The average Bonchev–Trinajstić information content (AvgIpc) is 2.48. The van der Waals surface area contributed by atoms with Crippen molar-refractivity contribution >= 4 is 10.2 Å². The van der Waals surface area contributed by atoms with Gasteiger partial charge in [-0.2, -0.15) is 17.0 Å². The number of nitrogens with zero attached hydrogens (tertiary/aromatic N) is 3. The summed E-state index contributed by atoms with van der Waals surface area (Å²) in [5, 5.41) is 3.17. The Hall–Kier alpha value is -0.210. The van der Waals surface area contributed by atoms with Crippen molar-refractivity contribution in [1.29, 1.82) is 0 Å². The molecule has 0 amide bonds. The Labute approximate surface area is 129 Å². The molecule has 0 aromatic heterocycles. The van der Waals surface area contributed by atoms with E-state index in [1.807, 2.05) is 7.05 Å². The summed E-state index contributed by atoms with van der Waals surface area (Å²) < 4.78 is 29.1. The fraction of sp³-hybridized carbons (Fsp3) is 1.00. The lowest BCUT2D eigenvalue weighted by molar-refractivity contribution is 0.128. The smallest absolute Gasteiger partial charge is 0.282 e. The lowest BCUT2D eigenvalue weighted by Crippen LogP contribution is -2.57. The van der Waals surface area contributed by atoms with Crippen LogP contribution in [0.2, 0.25) is 0 Å². The van der Waals surface area contributed by atoms with E-state index in [0.717, 1.165) is 32.5 Å². The first-order chi connectivity index (χ1) is 9.98. The van der Waals surface area contributed by atoms with Crippen LogP contribution in [0.25, 0.3) is 0 Å². The van der Waals surface area contributed by atoms with Gasteiger partial charge in [0.1, 0.15) is 0 Å². The number of piperidine rings is 1. The van der Waals surface area contributed by atoms with Crippen molar-refractivity contribution in [2.24, 2.45) is 5.92 Å². The van der Waals surface area contributed by atoms with Crippen LogP contribution in [0, 0.1) is 5.92 Å². The van der Waals surface area contributed by atoms with Crippen molar-refractivity contribution in [3.8, 4) is 0 Å². The molecular weight excluding hydrogens is 288 g/mol. The molecule has 1 N–H and O–H groups in total. The Bertz CT molecular complexity index is 415. The largest absolute Gasteiger partial charge is 0.319 e. The molecular formula is C14H30N4O2S. The van der Waals surface area contributed by atoms with Crippen molar-refractivity contribution in [3.63, 3.8) is 0 Å². The molecule has 0 radical (unpaired) electrons. The molecule has 6 nitrogen and oxygen atoms in total. The third kappa shape index (κ3) is 3.96. The minimum atomic E-state index is -3.29. The maximum absolute atomic E-state index is 12.8. The van der Waals surface area contributed by atoms with Gasteiger partial charge < -0.3 is 5.32 Å². The summed E-state index contributed by atoms with van der Waals surface area (Å²) in [4.78, 5) is 2.34. The van der Waals surface area contributed by atoms with E-state index < -0.39 is 10.2 Å². The van der Waals surface area contributed by atoms with Crippen molar-refractivity contribution < 1.29 is 8.42 Å². The monoisotopic (exact) mass is 318 g/mol. The van der Waals surface area contributed by atoms with E-state index in [4.69, 9.17) is 0 Å². The molecule has 21 heavy (non-hydrogen) atoms. The third-order valence-corrected chi connectivity index (χ3v) is 6.73. The van der Waals surface area contributed by atoms with Gasteiger partial charge in [-0.15, -0.1) is 0 Å². The Morgan fingerprint density at radius 2 is 1.86 bits per heavy atom. The molecule has 0 aromatic carbocycles. The number of piperazine rings is 1. The second-order valence-electron chi connectivity index (χ2n) is 6.27. The fourth-order valence-electron chi connectivity index (χ4n) is 3.50. The molecule has 7 heteroatoms. The van der Waals surface area contributed by atoms with E-state index in [-0.39, 0.29) is 0 Å². The van der Waals surface area contributed by atoms with Gasteiger partial charge in [0.25, 0.3) is 10.2 Å². The Balaban J connectivity index is 2.01. The Morgan fingerprint density at radius 1 is 1.14 bits per heavy atom. The highest BCUT2D eigenvalue weighted by molar-refractivity contribution is 7.86. The van der Waals surface area contributed by atoms with Crippen LogP contribution < -0.4 is 5.32 Å². The zero-order valence-corrected chi connectivity index (χ0v) is 14.4. The van der Waals surface area contributed by atoms with Crippen LogP contribution in [-0.4, -0.2) is 80.8 Å². The van der Waals surface area contributed by atoms with E-state index in [1.165, 1.54) is 0 Å². The van der Waals surface area contributed by atoms with Crippen LogP contribution in [0.5, 0.6) is 0 Å². The average molecular weight is 318 g/mol. The quantitative estimate of drug-likeness (QED) is 0.786. The van der Waals surface area contributed by atoms with Crippen LogP contribution in [0.15, 0.2) is 0 Å². The van der Waals surface area contributed by atoms with Crippen molar-refractivity contribution in [2.75, 3.05) is 52.9 Å². The summed E-state index contributed by atoms with van der Waals surface area (Å²) in [6.45, 7) is 9.53. The first-order valence-corrected chi connectivity index (χ1v) is 9.52. The first kappa shape index (κ1) is 17.1. The summed E-state index contributed by atoms with van der Waals surface area (Å²) >= 11 is 0. The predicted octanol–water partition coefficient (Wildman–Crippen LogP) is 0.189. The molecule has 2 unspecified atom stereocenters. The van der Waals surface area contributed by atoms with Crippen LogP contribution in [0.4, 0.5) is 0 Å². The van der Waals surface area contributed by atoms with Crippen LogP contribution in [0.3, 0.4) is 0 Å². The van der Waals surface area contributed by atoms with E-state index in [9.17, 15) is 8.42 Å². The molecule has 0 aliphatic carbocycles. The van der Waals surface area contributed by atoms with Crippen LogP contribution >= 0.6 is 0 Å². The Morgan fingerprint density at radius 3 is 2.48 bits per heavy atom. The minimum absolute atomic E-state index is 0.302. The molecule has 0 aromatic rings. The topological polar surface area (TPSA) is 55.9 Å². The summed E-state index contributed by atoms with van der Waals surface area (Å²) in [5.74, 6) is 0.438. The van der Waals surface area contributed by atoms with Gasteiger partial charge in [0.2, 0.25) is 0 Å². The number of hydrogen-bond acceptors (Lipinski definition) is 4. The molecule has 2 heterocycles. The van der Waals surface area contributed by atoms with Gasteiger partial charge in [-0.3, -0.25) is 4.90 Å². The van der Waals surface area contributed by atoms with E-state index in [1.54, 1.807) is 8.61 Å². The molecule has 2 fully saturated rings. The van der Waals surface area contributed by atoms with Crippen LogP contribution in [-0.2, 0) is 10.2 Å². The lowest BCUT2D eigenvalue weighted by atomic mass is 10.00. The number of likely N-dealkylation sites (N-methyl/N-ethyl adjacent to an activating group) is 1. The fourth-order valence-corrected chi connectivity index (χ4v) is 5.30. The number of nitrogens with one attached hydrogen (secondary N) is 1. The highest BCUT2D eigenvalue weighted by atomic mass is 32.2. The van der Waals surface area contributed by atoms with E-state index in [0.29, 0.717) is 38.1 Å². The molecule has 0 bridgehead atoms. The van der Waals surface area contributed by atoms with E-state index >= 15 is 0 Å². The summed E-state index contributed by atoms with van der Waals surface area (Å²) in [6.07, 6.45) is 2.09. The van der Waals surface area contributed by atoms with Gasteiger partial charge >= 0.3 is 0 Å². The maximum Gasteiger partial charge on any atom is 0.282 e. The maximum atomic E-state index is 12.8. The second kappa shape index (κ2) is 7.37. The molecule has 0 spiro atoms. The van der Waals surface area contributed by atoms with Gasteiger partial charge in [0.05, 0.1) is 0 Å². The Kier molecular flexibility index (Phi) is 6.02. The zero-order chi connectivity index (χ0) is 15.5. The predicted molar refractivity (Wildman–Crippen MR) is 85.4 cm³/mol. The summed E-state index contributed by atoms with van der Waals surface area (Å²) in [5.41, 5.74) is 0. The van der Waals surface area contributed by atoms with Gasteiger partial charge in [-0.25, -0.2) is 0 Å². The van der Waals surface area contributed by atoms with Gasteiger partial charge in [-0.1, -0.05) is 6.92 Å². The SMILES string of the molecule is CCN1CCN(S(=O)(=O)N2CCCC(CNC)C2)CC1C. The number of rotatable bonds is 5. The lowest BCUT2D eigenvalue weighted by Gasteiger charge is -2.41. The molecule has 0 saturated carbocycles. The van der Waals surface area contributed by atoms with Crippen molar-refractivity contribution in [1.82, 2.24) is 18.8 Å². The van der Waals surface area contributed by atoms with Gasteiger partial charge in [0.15, 0.2) is 0 Å².